The van der Waals surface area contributed by atoms with Crippen LogP contribution in [-0.2, 0) is 10.8 Å². The highest BCUT2D eigenvalue weighted by atomic mass is 35.5. The van der Waals surface area contributed by atoms with Crippen LogP contribution in [-0.4, -0.2) is 21.3 Å². The molecule has 1 aromatic carbocycles. The minimum atomic E-state index is -0.423. The van der Waals surface area contributed by atoms with Gasteiger partial charge in [-0.1, -0.05) is 46.6 Å². The second-order valence-electron chi connectivity index (χ2n) is 7.98. The van der Waals surface area contributed by atoms with Gasteiger partial charge < -0.3 is 15.3 Å². The van der Waals surface area contributed by atoms with Gasteiger partial charge in [-0.3, -0.25) is 5.41 Å². The number of aromatic nitrogens is 2. The Bertz CT molecular complexity index is 767. The number of aromatic hydroxyl groups is 1. The van der Waals surface area contributed by atoms with Crippen molar-refractivity contribution in [2.75, 3.05) is 4.42 Å². The Kier molecular flexibility index (Phi) is 4.74. The molecule has 4 N–H and O–H groups in total. The van der Waals surface area contributed by atoms with E-state index in [1.54, 1.807) is 0 Å². The van der Waals surface area contributed by atoms with Gasteiger partial charge in [-0.05, 0) is 23.0 Å². The molecule has 0 unspecified atom stereocenters. The molecule has 0 aliphatic carbocycles. The normalized spacial score (nSPS) is 12.3. The number of nitrogens with one attached hydrogen (secondary N) is 1. The topological polar surface area (TPSA) is 112 Å². The number of benzene rings is 1. The zero-order valence-corrected chi connectivity index (χ0v) is 16.1. The molecule has 0 saturated heterocycles. The van der Waals surface area contributed by atoms with Gasteiger partial charge in [0.1, 0.15) is 5.75 Å². The molecule has 0 aliphatic heterocycles. The zero-order valence-electron chi connectivity index (χ0n) is 15.3. The van der Waals surface area contributed by atoms with Gasteiger partial charge in [0, 0.05) is 28.5 Å². The van der Waals surface area contributed by atoms with Crippen molar-refractivity contribution in [1.29, 1.82) is 5.41 Å². The van der Waals surface area contributed by atoms with E-state index in [9.17, 15) is 5.11 Å². The molecule has 0 aliphatic rings. The molecule has 0 amide bonds. The molecular weight excluding hydrogens is 342 g/mol. The fourth-order valence-corrected chi connectivity index (χ4v) is 2.48. The fraction of sp³-hybridized carbons (Fsp3) is 0.471. The number of anilines is 1. The van der Waals surface area contributed by atoms with Gasteiger partial charge in [0.05, 0.1) is 0 Å². The van der Waals surface area contributed by atoms with E-state index in [0.717, 1.165) is 15.5 Å². The summed E-state index contributed by atoms with van der Waals surface area (Å²) in [5, 5.41) is 25.9. The standard InChI is InChI=1S/C17H24ClN5O2/c1-16(2,3)10-7-9(8-11(12(10)24)17(4,5)6)13-21-22-15(25-13)23(18)14(19)20/h7-8,24H,1-6H3,(H3,19,20). The summed E-state index contributed by atoms with van der Waals surface area (Å²) in [4.78, 5) is 0. The molecule has 2 rings (SSSR count). The van der Waals surface area contributed by atoms with Crippen LogP contribution in [0.25, 0.3) is 11.5 Å². The van der Waals surface area contributed by atoms with E-state index in [4.69, 9.17) is 27.3 Å². The lowest BCUT2D eigenvalue weighted by atomic mass is 9.78. The second kappa shape index (κ2) is 6.22. The molecule has 2 aromatic rings. The first-order valence-electron chi connectivity index (χ1n) is 7.84. The van der Waals surface area contributed by atoms with Gasteiger partial charge in [0.2, 0.25) is 11.9 Å². The Morgan fingerprint density at radius 2 is 1.60 bits per heavy atom. The number of nitrogens with two attached hydrogens (primary N) is 1. The predicted molar refractivity (Wildman–Crippen MR) is 99.0 cm³/mol. The smallest absolute Gasteiger partial charge is 0.340 e. The lowest BCUT2D eigenvalue weighted by Gasteiger charge is -2.27. The molecule has 0 saturated carbocycles. The summed E-state index contributed by atoms with van der Waals surface area (Å²) in [5.41, 5.74) is 6.99. The molecule has 7 nitrogen and oxygen atoms in total. The number of phenolic OH excluding ortho intramolecular Hbond substituents is 1. The highest BCUT2D eigenvalue weighted by Crippen LogP contribution is 2.41. The average Bonchev–Trinajstić information content (AvgIpc) is 2.93. The minimum Gasteiger partial charge on any atom is -0.507 e. The zero-order chi connectivity index (χ0) is 19.2. The number of guanidine groups is 1. The van der Waals surface area contributed by atoms with E-state index in [2.05, 4.69) is 10.2 Å². The van der Waals surface area contributed by atoms with Crippen molar-refractivity contribution in [2.45, 2.75) is 52.4 Å². The number of hydrogen-bond donors (Lipinski definition) is 3. The molecule has 0 bridgehead atoms. The lowest BCUT2D eigenvalue weighted by molar-refractivity contribution is 0.423. The maximum atomic E-state index is 10.8. The van der Waals surface area contributed by atoms with Crippen molar-refractivity contribution >= 4 is 23.8 Å². The summed E-state index contributed by atoms with van der Waals surface area (Å²) in [6.07, 6.45) is 0. The Morgan fingerprint density at radius 1 is 1.12 bits per heavy atom. The first kappa shape index (κ1) is 19.1. The number of rotatable bonds is 2. The van der Waals surface area contributed by atoms with Crippen LogP contribution in [0.2, 0.25) is 0 Å². The van der Waals surface area contributed by atoms with Gasteiger partial charge in [0.25, 0.3) is 0 Å². The SMILES string of the molecule is CC(C)(C)c1cc(-c2nnc(N(Cl)C(=N)N)o2)cc(C(C)(C)C)c1O. The second-order valence-corrected chi connectivity index (χ2v) is 8.31. The molecule has 0 spiro atoms. The third kappa shape index (κ3) is 3.87. The molecule has 25 heavy (non-hydrogen) atoms. The van der Waals surface area contributed by atoms with Gasteiger partial charge in [-0.25, -0.2) is 0 Å². The molecule has 1 heterocycles. The summed E-state index contributed by atoms with van der Waals surface area (Å²) in [5.74, 6) is 0.0810. The van der Waals surface area contributed by atoms with E-state index in [-0.39, 0.29) is 28.5 Å². The van der Waals surface area contributed by atoms with Crippen LogP contribution in [0.5, 0.6) is 5.75 Å². The summed E-state index contributed by atoms with van der Waals surface area (Å²) >= 11 is 5.82. The molecule has 0 fully saturated rings. The first-order valence-corrected chi connectivity index (χ1v) is 8.18. The maximum Gasteiger partial charge on any atom is 0.340 e. The quantitative estimate of drug-likeness (QED) is 0.422. The third-order valence-electron chi connectivity index (χ3n) is 3.77. The van der Waals surface area contributed by atoms with Crippen molar-refractivity contribution in [2.24, 2.45) is 5.73 Å². The Balaban J connectivity index is 2.64. The van der Waals surface area contributed by atoms with Crippen LogP contribution in [0.15, 0.2) is 16.5 Å². The van der Waals surface area contributed by atoms with E-state index < -0.39 is 5.96 Å². The van der Waals surface area contributed by atoms with Crippen molar-refractivity contribution in [3.05, 3.63) is 23.3 Å². The highest BCUT2D eigenvalue weighted by molar-refractivity contribution is 6.35. The average molecular weight is 366 g/mol. The van der Waals surface area contributed by atoms with E-state index in [1.165, 1.54) is 0 Å². The molecule has 0 atom stereocenters. The largest absolute Gasteiger partial charge is 0.507 e. The van der Waals surface area contributed by atoms with Gasteiger partial charge in [-0.2, -0.15) is 4.42 Å². The monoisotopic (exact) mass is 365 g/mol. The van der Waals surface area contributed by atoms with Gasteiger partial charge in [0.15, 0.2) is 0 Å². The van der Waals surface area contributed by atoms with Crippen molar-refractivity contribution < 1.29 is 9.52 Å². The summed E-state index contributed by atoms with van der Waals surface area (Å²) < 4.78 is 6.31. The Hall–Kier alpha value is -2.28. The number of hydrogen-bond acceptors (Lipinski definition) is 5. The summed E-state index contributed by atoms with van der Waals surface area (Å²) in [6.45, 7) is 12.1. The highest BCUT2D eigenvalue weighted by Gasteiger charge is 2.28. The van der Waals surface area contributed by atoms with Crippen molar-refractivity contribution in [1.82, 2.24) is 10.2 Å². The molecule has 0 radical (unpaired) electrons. The molecule has 8 heteroatoms. The van der Waals surface area contributed by atoms with Crippen LogP contribution in [0.1, 0.15) is 52.7 Å². The number of nitrogens with zero attached hydrogens (tertiary/aromatic N) is 3. The Labute approximate surface area is 152 Å². The van der Waals surface area contributed by atoms with Crippen LogP contribution in [0.3, 0.4) is 0 Å². The lowest BCUT2D eigenvalue weighted by Crippen LogP contribution is -2.28. The van der Waals surface area contributed by atoms with Crippen LogP contribution < -0.4 is 10.2 Å². The number of phenols is 1. The van der Waals surface area contributed by atoms with Crippen LogP contribution in [0.4, 0.5) is 6.01 Å². The van der Waals surface area contributed by atoms with Crippen molar-refractivity contribution in [3.63, 3.8) is 0 Å². The summed E-state index contributed by atoms with van der Waals surface area (Å²) in [6, 6.07) is 3.56. The van der Waals surface area contributed by atoms with Gasteiger partial charge in [-0.15, -0.1) is 5.10 Å². The fourth-order valence-electron chi connectivity index (χ4n) is 2.42. The molecule has 1 aromatic heterocycles. The summed E-state index contributed by atoms with van der Waals surface area (Å²) in [7, 11) is 0. The molecule has 136 valence electrons. The first-order chi connectivity index (χ1) is 11.3. The van der Waals surface area contributed by atoms with E-state index in [0.29, 0.717) is 5.56 Å². The van der Waals surface area contributed by atoms with Crippen molar-refractivity contribution in [3.8, 4) is 17.2 Å². The molecular formula is C17H24ClN5O2. The van der Waals surface area contributed by atoms with Crippen LogP contribution >= 0.6 is 11.8 Å². The van der Waals surface area contributed by atoms with Gasteiger partial charge >= 0.3 is 6.01 Å². The predicted octanol–water partition coefficient (Wildman–Crippen LogP) is 3.89. The van der Waals surface area contributed by atoms with E-state index >= 15 is 0 Å². The maximum absolute atomic E-state index is 10.8. The van der Waals surface area contributed by atoms with Crippen LogP contribution in [0, 0.1) is 5.41 Å². The minimum absolute atomic E-state index is 0.0909. The third-order valence-corrected chi connectivity index (χ3v) is 4.09. The van der Waals surface area contributed by atoms with E-state index in [1.807, 2.05) is 53.7 Å². The number of halogens is 1. The Morgan fingerprint density at radius 3 is 2.00 bits per heavy atom.